The van der Waals surface area contributed by atoms with Crippen molar-refractivity contribution in [2.45, 2.75) is 51.4 Å². The predicted molar refractivity (Wildman–Crippen MR) is 51.4 cm³/mol. The Labute approximate surface area is 79.9 Å². The maximum Gasteiger partial charge on any atom is 0.126 e. The van der Waals surface area contributed by atoms with E-state index in [1.54, 1.807) is 0 Å². The van der Waals surface area contributed by atoms with Crippen LogP contribution in [0, 0.1) is 16.7 Å². The molecule has 3 saturated carbocycles. The molecule has 0 saturated heterocycles. The fraction of sp³-hybridized carbons (Fsp3) is 0.917. The standard InChI is InChI=1S/C12H18O/c13-9-12(5-2-6-12)10-7-11(8-10)3-1-4-11/h9-10H,1-8H2. The molecule has 0 aromatic rings. The van der Waals surface area contributed by atoms with Crippen molar-refractivity contribution in [1.82, 2.24) is 0 Å². The molecule has 3 aliphatic carbocycles. The molecule has 3 rings (SSSR count). The van der Waals surface area contributed by atoms with Gasteiger partial charge in [0.15, 0.2) is 0 Å². The number of hydrogen-bond donors (Lipinski definition) is 0. The Bertz CT molecular complexity index is 228. The lowest BCUT2D eigenvalue weighted by Crippen LogP contribution is -2.52. The lowest BCUT2D eigenvalue weighted by molar-refractivity contribution is -0.144. The van der Waals surface area contributed by atoms with Crippen LogP contribution in [-0.4, -0.2) is 6.29 Å². The molecule has 72 valence electrons. The Morgan fingerprint density at radius 2 is 1.62 bits per heavy atom. The molecule has 0 radical (unpaired) electrons. The zero-order valence-electron chi connectivity index (χ0n) is 8.22. The second kappa shape index (κ2) is 2.37. The van der Waals surface area contributed by atoms with E-state index in [0.29, 0.717) is 0 Å². The van der Waals surface area contributed by atoms with Gasteiger partial charge in [0.1, 0.15) is 6.29 Å². The molecule has 1 spiro atoms. The molecule has 0 aromatic heterocycles. The summed E-state index contributed by atoms with van der Waals surface area (Å²) in [6, 6.07) is 0. The minimum Gasteiger partial charge on any atom is -0.303 e. The van der Waals surface area contributed by atoms with E-state index in [-0.39, 0.29) is 5.41 Å². The summed E-state index contributed by atoms with van der Waals surface area (Å²) in [6.45, 7) is 0. The van der Waals surface area contributed by atoms with Crippen molar-refractivity contribution < 1.29 is 4.79 Å². The smallest absolute Gasteiger partial charge is 0.126 e. The molecule has 1 nitrogen and oxygen atoms in total. The first-order chi connectivity index (χ1) is 6.29. The molecule has 0 unspecified atom stereocenters. The summed E-state index contributed by atoms with van der Waals surface area (Å²) in [4.78, 5) is 11.1. The second-order valence-electron chi connectivity index (χ2n) is 5.66. The molecule has 0 bridgehead atoms. The Kier molecular flexibility index (Phi) is 1.46. The number of carbonyl (C=O) groups excluding carboxylic acids is 1. The molecule has 0 aromatic carbocycles. The summed E-state index contributed by atoms with van der Waals surface area (Å²) in [5.74, 6) is 0.777. The highest BCUT2D eigenvalue weighted by Crippen LogP contribution is 2.65. The van der Waals surface area contributed by atoms with Crippen molar-refractivity contribution in [3.8, 4) is 0 Å². The van der Waals surface area contributed by atoms with Gasteiger partial charge in [-0.3, -0.25) is 0 Å². The number of carbonyl (C=O) groups is 1. The predicted octanol–water partition coefficient (Wildman–Crippen LogP) is 2.94. The normalized spacial score (nSPS) is 34.5. The molecule has 3 fully saturated rings. The summed E-state index contributed by atoms with van der Waals surface area (Å²) in [6.07, 6.45) is 12.1. The van der Waals surface area contributed by atoms with E-state index >= 15 is 0 Å². The highest BCUT2D eigenvalue weighted by atomic mass is 16.1. The van der Waals surface area contributed by atoms with E-state index in [4.69, 9.17) is 0 Å². The quantitative estimate of drug-likeness (QED) is 0.594. The van der Waals surface area contributed by atoms with Gasteiger partial charge in [-0.2, -0.15) is 0 Å². The number of aldehydes is 1. The average Bonchev–Trinajstić information content (AvgIpc) is 1.87. The molecule has 3 aliphatic rings. The number of rotatable bonds is 2. The molecule has 1 heteroatoms. The third-order valence-corrected chi connectivity index (χ3v) is 5.11. The maximum atomic E-state index is 11.1. The second-order valence-corrected chi connectivity index (χ2v) is 5.66. The molecule has 0 amide bonds. The van der Waals surface area contributed by atoms with E-state index in [0.717, 1.165) is 11.3 Å². The lowest BCUT2D eigenvalue weighted by Gasteiger charge is -2.61. The Morgan fingerprint density at radius 3 is 1.92 bits per heavy atom. The Hall–Kier alpha value is -0.330. The van der Waals surface area contributed by atoms with Crippen molar-refractivity contribution in [3.05, 3.63) is 0 Å². The van der Waals surface area contributed by atoms with Crippen LogP contribution in [-0.2, 0) is 4.79 Å². The van der Waals surface area contributed by atoms with Gasteiger partial charge in [0, 0.05) is 5.41 Å². The Morgan fingerprint density at radius 1 is 1.00 bits per heavy atom. The molecule has 0 heterocycles. The minimum atomic E-state index is 0.168. The zero-order chi connectivity index (χ0) is 8.94. The van der Waals surface area contributed by atoms with Gasteiger partial charge in [0.05, 0.1) is 0 Å². The van der Waals surface area contributed by atoms with Crippen LogP contribution in [0.3, 0.4) is 0 Å². The Balaban J connectivity index is 1.65. The molecule has 0 aliphatic heterocycles. The van der Waals surface area contributed by atoms with E-state index < -0.39 is 0 Å². The maximum absolute atomic E-state index is 11.1. The van der Waals surface area contributed by atoms with Gasteiger partial charge < -0.3 is 4.79 Å². The van der Waals surface area contributed by atoms with Crippen molar-refractivity contribution in [2.24, 2.45) is 16.7 Å². The summed E-state index contributed by atoms with van der Waals surface area (Å²) >= 11 is 0. The molecule has 13 heavy (non-hydrogen) atoms. The lowest BCUT2D eigenvalue weighted by atomic mass is 9.43. The molecule has 0 atom stereocenters. The summed E-state index contributed by atoms with van der Waals surface area (Å²) in [5, 5.41) is 0. The van der Waals surface area contributed by atoms with Gasteiger partial charge in [-0.25, -0.2) is 0 Å². The van der Waals surface area contributed by atoms with Crippen LogP contribution in [0.5, 0.6) is 0 Å². The zero-order valence-corrected chi connectivity index (χ0v) is 8.22. The fourth-order valence-corrected chi connectivity index (χ4v) is 3.68. The van der Waals surface area contributed by atoms with Crippen LogP contribution in [0.1, 0.15) is 51.4 Å². The van der Waals surface area contributed by atoms with Crippen LogP contribution in [0.4, 0.5) is 0 Å². The minimum absolute atomic E-state index is 0.168. The van der Waals surface area contributed by atoms with Crippen molar-refractivity contribution >= 4 is 6.29 Å². The largest absolute Gasteiger partial charge is 0.303 e. The van der Waals surface area contributed by atoms with Gasteiger partial charge in [0.2, 0.25) is 0 Å². The fourth-order valence-electron chi connectivity index (χ4n) is 3.68. The van der Waals surface area contributed by atoms with Gasteiger partial charge in [-0.05, 0) is 49.9 Å². The third kappa shape index (κ3) is 0.908. The van der Waals surface area contributed by atoms with E-state index in [2.05, 4.69) is 0 Å². The average molecular weight is 178 g/mol. The molecular formula is C12H18O. The monoisotopic (exact) mass is 178 g/mol. The van der Waals surface area contributed by atoms with E-state index in [1.807, 2.05) is 0 Å². The van der Waals surface area contributed by atoms with Crippen LogP contribution < -0.4 is 0 Å². The highest BCUT2D eigenvalue weighted by Gasteiger charge is 2.56. The van der Waals surface area contributed by atoms with Crippen LogP contribution in [0.2, 0.25) is 0 Å². The first kappa shape index (κ1) is 8.02. The van der Waals surface area contributed by atoms with Gasteiger partial charge >= 0.3 is 0 Å². The summed E-state index contributed by atoms with van der Waals surface area (Å²) in [5.41, 5.74) is 0.914. The van der Waals surface area contributed by atoms with Crippen molar-refractivity contribution in [3.63, 3.8) is 0 Å². The highest BCUT2D eigenvalue weighted by molar-refractivity contribution is 5.62. The third-order valence-electron chi connectivity index (χ3n) is 5.11. The van der Waals surface area contributed by atoms with Crippen molar-refractivity contribution in [1.29, 1.82) is 0 Å². The van der Waals surface area contributed by atoms with Crippen LogP contribution in [0.25, 0.3) is 0 Å². The van der Waals surface area contributed by atoms with Gasteiger partial charge in [-0.15, -0.1) is 0 Å². The van der Waals surface area contributed by atoms with Gasteiger partial charge in [0.25, 0.3) is 0 Å². The van der Waals surface area contributed by atoms with Crippen LogP contribution >= 0.6 is 0 Å². The summed E-state index contributed by atoms with van der Waals surface area (Å²) in [7, 11) is 0. The van der Waals surface area contributed by atoms with Gasteiger partial charge in [-0.1, -0.05) is 12.8 Å². The summed E-state index contributed by atoms with van der Waals surface area (Å²) < 4.78 is 0. The molecule has 0 N–H and O–H groups in total. The number of hydrogen-bond acceptors (Lipinski definition) is 1. The SMILES string of the molecule is O=CC1(C2CC3(CCC3)C2)CCC1. The van der Waals surface area contributed by atoms with Crippen LogP contribution in [0.15, 0.2) is 0 Å². The van der Waals surface area contributed by atoms with Crippen molar-refractivity contribution in [2.75, 3.05) is 0 Å². The van der Waals surface area contributed by atoms with E-state index in [9.17, 15) is 4.79 Å². The molecular weight excluding hydrogens is 160 g/mol. The first-order valence-electron chi connectivity index (χ1n) is 5.75. The topological polar surface area (TPSA) is 17.1 Å². The first-order valence-corrected chi connectivity index (χ1v) is 5.75. The van der Waals surface area contributed by atoms with E-state index in [1.165, 1.54) is 57.7 Å².